The Hall–Kier alpha value is -2.79. The van der Waals surface area contributed by atoms with Crippen molar-refractivity contribution in [3.05, 3.63) is 29.8 Å². The summed E-state index contributed by atoms with van der Waals surface area (Å²) in [6.07, 6.45) is 0.0408. The van der Waals surface area contributed by atoms with E-state index >= 15 is 0 Å². The van der Waals surface area contributed by atoms with Crippen molar-refractivity contribution in [2.75, 3.05) is 5.75 Å². The van der Waals surface area contributed by atoms with Crippen LogP contribution in [0.2, 0.25) is 0 Å². The molecule has 0 spiro atoms. The molecule has 172 valence electrons. The lowest BCUT2D eigenvalue weighted by atomic mass is 10.0. The molecule has 1 aromatic rings. The van der Waals surface area contributed by atoms with Gasteiger partial charge in [0, 0.05) is 12.2 Å². The quantitative estimate of drug-likeness (QED) is 0.219. The SMILES string of the molecule is CC(NC(=O)C(Cc1ccc(O)cc1)NC(=O)C(NC(=O)C(N)CS)C(C)C)C(=O)O. The molecule has 31 heavy (non-hydrogen) atoms. The molecular weight excluding hydrogens is 424 g/mol. The van der Waals surface area contributed by atoms with Crippen LogP contribution in [0.4, 0.5) is 0 Å². The summed E-state index contributed by atoms with van der Waals surface area (Å²) < 4.78 is 0. The van der Waals surface area contributed by atoms with Gasteiger partial charge in [0.05, 0.1) is 6.04 Å². The Kier molecular flexibility index (Phi) is 10.3. The van der Waals surface area contributed by atoms with E-state index in [-0.39, 0.29) is 23.8 Å². The first kappa shape index (κ1) is 26.2. The maximum Gasteiger partial charge on any atom is 0.325 e. The average molecular weight is 455 g/mol. The lowest BCUT2D eigenvalue weighted by Crippen LogP contribution is -2.58. The lowest BCUT2D eigenvalue weighted by molar-refractivity contribution is -0.141. The van der Waals surface area contributed by atoms with Gasteiger partial charge >= 0.3 is 5.97 Å². The highest BCUT2D eigenvalue weighted by Gasteiger charge is 2.31. The molecule has 3 amide bonds. The fraction of sp³-hybridized carbons (Fsp3) is 0.500. The average Bonchev–Trinajstić information content (AvgIpc) is 2.71. The summed E-state index contributed by atoms with van der Waals surface area (Å²) in [6.45, 7) is 4.74. The van der Waals surface area contributed by atoms with Crippen molar-refractivity contribution in [1.29, 1.82) is 0 Å². The Morgan fingerprint density at radius 3 is 2.03 bits per heavy atom. The third kappa shape index (κ3) is 8.46. The second kappa shape index (κ2) is 12.2. The van der Waals surface area contributed by atoms with Crippen molar-refractivity contribution in [3.8, 4) is 5.75 Å². The molecule has 0 saturated carbocycles. The molecule has 0 aliphatic rings. The molecule has 10 nitrogen and oxygen atoms in total. The van der Waals surface area contributed by atoms with E-state index in [1.54, 1.807) is 26.0 Å². The summed E-state index contributed by atoms with van der Waals surface area (Å²) >= 11 is 3.97. The van der Waals surface area contributed by atoms with E-state index in [2.05, 4.69) is 28.6 Å². The number of phenols is 1. The lowest BCUT2D eigenvalue weighted by Gasteiger charge is -2.26. The number of nitrogens with two attached hydrogens (primary N) is 1. The van der Waals surface area contributed by atoms with E-state index in [0.717, 1.165) is 0 Å². The van der Waals surface area contributed by atoms with Gasteiger partial charge in [-0.1, -0.05) is 26.0 Å². The van der Waals surface area contributed by atoms with Gasteiger partial charge in [0.15, 0.2) is 0 Å². The molecule has 0 aromatic heterocycles. The van der Waals surface area contributed by atoms with E-state index in [0.29, 0.717) is 5.56 Å². The molecule has 0 saturated heterocycles. The van der Waals surface area contributed by atoms with Gasteiger partial charge in [0.2, 0.25) is 17.7 Å². The smallest absolute Gasteiger partial charge is 0.325 e. The second-order valence-corrected chi connectivity index (χ2v) is 7.88. The Morgan fingerprint density at radius 2 is 1.55 bits per heavy atom. The number of benzene rings is 1. The van der Waals surface area contributed by atoms with Crippen LogP contribution in [0.25, 0.3) is 0 Å². The largest absolute Gasteiger partial charge is 0.508 e. The van der Waals surface area contributed by atoms with Crippen LogP contribution < -0.4 is 21.7 Å². The highest BCUT2D eigenvalue weighted by Crippen LogP contribution is 2.12. The zero-order valence-electron chi connectivity index (χ0n) is 17.7. The monoisotopic (exact) mass is 454 g/mol. The number of thiol groups is 1. The van der Waals surface area contributed by atoms with Crippen molar-refractivity contribution >= 4 is 36.3 Å². The van der Waals surface area contributed by atoms with E-state index in [1.165, 1.54) is 19.1 Å². The maximum absolute atomic E-state index is 12.9. The molecule has 0 aliphatic carbocycles. The fourth-order valence-electron chi connectivity index (χ4n) is 2.59. The number of phenolic OH excluding ortho intramolecular Hbond substituents is 1. The van der Waals surface area contributed by atoms with Crippen LogP contribution >= 0.6 is 12.6 Å². The standard InChI is InChI=1S/C20H30N4O6S/c1-10(2)16(24-17(26)14(21)9-31)19(28)23-15(18(27)22-11(3)20(29)30)8-12-4-6-13(25)7-5-12/h4-7,10-11,14-16,25,31H,8-9,21H2,1-3H3,(H,22,27)(H,23,28)(H,24,26)(H,29,30). The van der Waals surface area contributed by atoms with Gasteiger partial charge < -0.3 is 31.9 Å². The summed E-state index contributed by atoms with van der Waals surface area (Å²) in [7, 11) is 0. The summed E-state index contributed by atoms with van der Waals surface area (Å²) in [6, 6.07) is 1.88. The van der Waals surface area contributed by atoms with Gasteiger partial charge in [-0.2, -0.15) is 12.6 Å². The number of hydrogen-bond donors (Lipinski definition) is 7. The summed E-state index contributed by atoms with van der Waals surface area (Å²) in [5, 5.41) is 26.0. The van der Waals surface area contributed by atoms with Gasteiger partial charge in [-0.05, 0) is 30.5 Å². The predicted molar refractivity (Wildman–Crippen MR) is 118 cm³/mol. The van der Waals surface area contributed by atoms with E-state index in [1.807, 2.05) is 0 Å². The number of carboxylic acid groups (broad SMARTS) is 1. The third-order valence-electron chi connectivity index (χ3n) is 4.52. The summed E-state index contributed by atoms with van der Waals surface area (Å²) in [5.41, 5.74) is 6.28. The molecule has 1 rings (SSSR count). The molecule has 0 radical (unpaired) electrons. The Morgan fingerprint density at radius 1 is 0.968 bits per heavy atom. The zero-order valence-corrected chi connectivity index (χ0v) is 18.6. The number of hydrogen-bond acceptors (Lipinski definition) is 7. The molecule has 0 bridgehead atoms. The first-order valence-electron chi connectivity index (χ1n) is 9.74. The molecule has 0 fully saturated rings. The fourth-order valence-corrected chi connectivity index (χ4v) is 2.76. The minimum absolute atomic E-state index is 0.0383. The van der Waals surface area contributed by atoms with Crippen molar-refractivity contribution in [1.82, 2.24) is 16.0 Å². The molecule has 7 N–H and O–H groups in total. The van der Waals surface area contributed by atoms with E-state index in [9.17, 15) is 24.3 Å². The summed E-state index contributed by atoms with van der Waals surface area (Å²) in [5.74, 6) is -3.27. The Balaban J connectivity index is 3.05. The number of aliphatic carboxylic acids is 1. The number of amides is 3. The van der Waals surface area contributed by atoms with Crippen molar-refractivity contribution in [2.45, 2.75) is 51.4 Å². The minimum Gasteiger partial charge on any atom is -0.508 e. The first-order valence-corrected chi connectivity index (χ1v) is 10.4. The number of carbonyl (C=O) groups is 4. The molecule has 4 unspecified atom stereocenters. The predicted octanol–water partition coefficient (Wildman–Crippen LogP) is -0.593. The van der Waals surface area contributed by atoms with Crippen LogP contribution in [0.15, 0.2) is 24.3 Å². The second-order valence-electron chi connectivity index (χ2n) is 7.52. The normalized spacial score (nSPS) is 14.8. The van der Waals surface area contributed by atoms with Crippen molar-refractivity contribution < 1.29 is 29.4 Å². The number of rotatable bonds is 11. The van der Waals surface area contributed by atoms with Gasteiger partial charge in [-0.3, -0.25) is 19.2 Å². The molecule has 0 aliphatic heterocycles. The molecule has 0 heterocycles. The number of aromatic hydroxyl groups is 1. The maximum atomic E-state index is 12.9. The van der Waals surface area contributed by atoms with Crippen molar-refractivity contribution in [2.24, 2.45) is 11.7 Å². The van der Waals surface area contributed by atoms with Crippen molar-refractivity contribution in [3.63, 3.8) is 0 Å². The van der Waals surface area contributed by atoms with Gasteiger partial charge in [-0.15, -0.1) is 0 Å². The Labute approximate surface area is 186 Å². The van der Waals surface area contributed by atoms with E-state index < -0.39 is 47.9 Å². The highest BCUT2D eigenvalue weighted by atomic mass is 32.1. The van der Waals surface area contributed by atoms with Crippen LogP contribution in [-0.4, -0.2) is 63.8 Å². The topological polar surface area (TPSA) is 171 Å². The highest BCUT2D eigenvalue weighted by molar-refractivity contribution is 7.80. The molecule has 11 heteroatoms. The minimum atomic E-state index is -1.23. The third-order valence-corrected chi connectivity index (χ3v) is 4.91. The van der Waals surface area contributed by atoms with Crippen LogP contribution in [0, 0.1) is 5.92 Å². The molecular formula is C20H30N4O6S. The number of carboxylic acids is 1. The van der Waals surface area contributed by atoms with Crippen LogP contribution in [0.3, 0.4) is 0 Å². The molecule has 4 atom stereocenters. The Bertz CT molecular complexity index is 786. The number of nitrogens with one attached hydrogen (secondary N) is 3. The van der Waals surface area contributed by atoms with Gasteiger partial charge in [-0.25, -0.2) is 0 Å². The van der Waals surface area contributed by atoms with Crippen LogP contribution in [0.1, 0.15) is 26.3 Å². The van der Waals surface area contributed by atoms with E-state index in [4.69, 9.17) is 10.8 Å². The molecule has 1 aromatic carbocycles. The first-order chi connectivity index (χ1) is 14.5. The number of carbonyl (C=O) groups excluding carboxylic acids is 3. The van der Waals surface area contributed by atoms with Crippen LogP contribution in [0.5, 0.6) is 5.75 Å². The zero-order chi connectivity index (χ0) is 23.7. The van der Waals surface area contributed by atoms with Gasteiger partial charge in [0.25, 0.3) is 0 Å². The van der Waals surface area contributed by atoms with Gasteiger partial charge in [0.1, 0.15) is 23.9 Å². The summed E-state index contributed by atoms with van der Waals surface area (Å²) in [4.78, 5) is 48.8. The van der Waals surface area contributed by atoms with Crippen LogP contribution in [-0.2, 0) is 25.6 Å².